The van der Waals surface area contributed by atoms with E-state index in [0.29, 0.717) is 13.1 Å². The molecule has 0 rings (SSSR count). The van der Waals surface area contributed by atoms with Crippen LogP contribution in [0.2, 0.25) is 0 Å². The minimum absolute atomic E-state index is 0.00326. The maximum absolute atomic E-state index is 12.2. The largest absolute Gasteiger partial charge is 0.340 e. The summed E-state index contributed by atoms with van der Waals surface area (Å²) >= 11 is 11.6. The second-order valence-corrected chi connectivity index (χ2v) is 8.10. The van der Waals surface area contributed by atoms with Crippen molar-refractivity contribution in [3.8, 4) is 0 Å². The molecule has 0 radical (unpaired) electrons. The van der Waals surface area contributed by atoms with Crippen LogP contribution >= 0.6 is 23.2 Å². The summed E-state index contributed by atoms with van der Waals surface area (Å²) in [7, 11) is 0. The van der Waals surface area contributed by atoms with Crippen LogP contribution in [0.5, 0.6) is 0 Å². The topological polar surface area (TPSA) is 40.6 Å². The average molecular weight is 437 g/mol. The predicted octanol–water partition coefficient (Wildman–Crippen LogP) is 5.84. The van der Waals surface area contributed by atoms with Gasteiger partial charge in [-0.15, -0.1) is 23.2 Å². The molecule has 0 aliphatic rings. The van der Waals surface area contributed by atoms with E-state index in [2.05, 4.69) is 13.8 Å². The average Bonchev–Trinajstić information content (AvgIpc) is 2.72. The molecule has 0 saturated heterocycles. The third kappa shape index (κ3) is 14.5. The molecule has 166 valence electrons. The Morgan fingerprint density at radius 3 is 1.18 bits per heavy atom. The van der Waals surface area contributed by atoms with Gasteiger partial charge in [0.05, 0.1) is 0 Å². The van der Waals surface area contributed by atoms with Gasteiger partial charge in [0.15, 0.2) is 0 Å². The molecule has 4 nitrogen and oxygen atoms in total. The molecule has 0 aliphatic carbocycles. The molecule has 0 unspecified atom stereocenters. The number of hydrogen-bond acceptors (Lipinski definition) is 2. The first kappa shape index (κ1) is 27.5. The lowest BCUT2D eigenvalue weighted by Crippen LogP contribution is -2.42. The summed E-state index contributed by atoms with van der Waals surface area (Å²) in [6.45, 7) is 6.94. The Balaban J connectivity index is 4.34. The number of nitrogens with zero attached hydrogens (tertiary/aromatic N) is 2. The van der Waals surface area contributed by atoms with Gasteiger partial charge in [-0.2, -0.15) is 0 Å². The third-order valence-corrected chi connectivity index (χ3v) is 5.59. The van der Waals surface area contributed by atoms with E-state index < -0.39 is 0 Å². The van der Waals surface area contributed by atoms with Crippen molar-refractivity contribution in [1.29, 1.82) is 0 Å². The number of unbranched alkanes of at least 4 members (excludes halogenated alkanes) is 10. The minimum Gasteiger partial charge on any atom is -0.340 e. The van der Waals surface area contributed by atoms with Crippen molar-refractivity contribution < 1.29 is 9.59 Å². The highest BCUT2D eigenvalue weighted by atomic mass is 35.5. The highest BCUT2D eigenvalue weighted by Crippen LogP contribution is 2.09. The lowest BCUT2D eigenvalue weighted by Gasteiger charge is -2.27. The maximum Gasteiger partial charge on any atom is 0.237 e. The molecule has 0 fully saturated rings. The highest BCUT2D eigenvalue weighted by molar-refractivity contribution is 6.27. The molecule has 0 aromatic carbocycles. The molecule has 0 aromatic rings. The number of hydrogen-bond donors (Lipinski definition) is 0. The molecule has 0 N–H and O–H groups in total. The first-order valence-corrected chi connectivity index (χ1v) is 12.3. The molecule has 0 bridgehead atoms. The van der Waals surface area contributed by atoms with Crippen LogP contribution in [-0.4, -0.2) is 59.6 Å². The summed E-state index contributed by atoms with van der Waals surface area (Å²) in [5.74, 6) is -0.103. The maximum atomic E-state index is 12.2. The number of carbonyl (C=O) groups excluding carboxylic acids is 2. The van der Waals surface area contributed by atoms with Crippen LogP contribution in [0.3, 0.4) is 0 Å². The lowest BCUT2D eigenvalue weighted by atomic mass is 10.1. The summed E-state index contributed by atoms with van der Waals surface area (Å²) in [5.41, 5.74) is 0. The number of carbonyl (C=O) groups is 2. The zero-order valence-electron chi connectivity index (χ0n) is 18.2. The van der Waals surface area contributed by atoms with Gasteiger partial charge in [-0.3, -0.25) is 9.59 Å². The Morgan fingerprint density at radius 1 is 0.536 bits per heavy atom. The van der Waals surface area contributed by atoms with Crippen LogP contribution in [0.4, 0.5) is 0 Å². The molecule has 28 heavy (non-hydrogen) atoms. The van der Waals surface area contributed by atoms with Gasteiger partial charge in [0.2, 0.25) is 11.8 Å². The normalized spacial score (nSPS) is 10.9. The van der Waals surface area contributed by atoms with Crippen molar-refractivity contribution in [2.75, 3.05) is 37.9 Å². The van der Waals surface area contributed by atoms with Crippen LogP contribution in [-0.2, 0) is 9.59 Å². The van der Waals surface area contributed by atoms with Crippen molar-refractivity contribution in [1.82, 2.24) is 9.80 Å². The van der Waals surface area contributed by atoms with Crippen LogP contribution in [0, 0.1) is 0 Å². The second-order valence-electron chi connectivity index (χ2n) is 7.56. The first-order chi connectivity index (χ1) is 13.6. The third-order valence-electron chi connectivity index (χ3n) is 5.14. The molecular weight excluding hydrogens is 395 g/mol. The number of halogens is 2. The van der Waals surface area contributed by atoms with Crippen LogP contribution in [0.25, 0.3) is 0 Å². The van der Waals surface area contributed by atoms with E-state index in [-0.39, 0.29) is 23.6 Å². The van der Waals surface area contributed by atoms with Crippen LogP contribution in [0.15, 0.2) is 0 Å². The number of rotatable bonds is 19. The van der Waals surface area contributed by atoms with Crippen molar-refractivity contribution in [2.45, 2.75) is 90.9 Å². The fourth-order valence-corrected chi connectivity index (χ4v) is 3.64. The quantitative estimate of drug-likeness (QED) is 0.188. The Hall–Kier alpha value is -0.480. The van der Waals surface area contributed by atoms with Gasteiger partial charge in [0.1, 0.15) is 11.8 Å². The smallest absolute Gasteiger partial charge is 0.237 e. The molecular formula is C22H42Cl2N2O2. The van der Waals surface area contributed by atoms with Gasteiger partial charge in [-0.05, 0) is 12.8 Å². The Kier molecular flexibility index (Phi) is 19.5. The summed E-state index contributed by atoms with van der Waals surface area (Å²) in [4.78, 5) is 27.9. The summed E-state index contributed by atoms with van der Waals surface area (Å²) in [6.07, 6.45) is 14.2. The van der Waals surface area contributed by atoms with E-state index >= 15 is 0 Å². The molecule has 0 spiro atoms. The van der Waals surface area contributed by atoms with Crippen LogP contribution < -0.4 is 0 Å². The Bertz CT molecular complexity index is 359. The zero-order valence-corrected chi connectivity index (χ0v) is 19.7. The Labute approximate surface area is 183 Å². The monoisotopic (exact) mass is 436 g/mol. The van der Waals surface area contributed by atoms with Gasteiger partial charge >= 0.3 is 0 Å². The molecule has 0 saturated carbocycles. The molecule has 2 amide bonds. The Morgan fingerprint density at radius 2 is 0.857 bits per heavy atom. The highest BCUT2D eigenvalue weighted by Gasteiger charge is 2.17. The lowest BCUT2D eigenvalue weighted by molar-refractivity contribution is -0.132. The van der Waals surface area contributed by atoms with Gasteiger partial charge in [-0.25, -0.2) is 0 Å². The van der Waals surface area contributed by atoms with Gasteiger partial charge in [0.25, 0.3) is 0 Å². The van der Waals surface area contributed by atoms with Crippen molar-refractivity contribution in [3.05, 3.63) is 0 Å². The fraction of sp³-hybridized carbons (Fsp3) is 0.909. The number of amides is 2. The predicted molar refractivity (Wildman–Crippen MR) is 121 cm³/mol. The van der Waals surface area contributed by atoms with E-state index in [1.165, 1.54) is 51.4 Å². The summed E-state index contributed by atoms with van der Waals surface area (Å²) in [6, 6.07) is 0. The van der Waals surface area contributed by atoms with E-state index in [1.807, 2.05) is 9.80 Å². The molecule has 0 atom stereocenters. The van der Waals surface area contributed by atoms with Crippen molar-refractivity contribution in [2.24, 2.45) is 0 Å². The first-order valence-electron chi connectivity index (χ1n) is 11.3. The van der Waals surface area contributed by atoms with E-state index in [9.17, 15) is 9.59 Å². The van der Waals surface area contributed by atoms with Gasteiger partial charge in [0, 0.05) is 26.2 Å². The van der Waals surface area contributed by atoms with Crippen molar-refractivity contribution >= 4 is 35.0 Å². The van der Waals surface area contributed by atoms with Crippen LogP contribution in [0.1, 0.15) is 90.9 Å². The van der Waals surface area contributed by atoms with E-state index in [4.69, 9.17) is 23.2 Å². The standard InChI is InChI=1S/C22H42Cl2N2O2/c1-3-5-7-9-11-13-15-25(21(27)19-23)17-18-26(22(28)20-24)16-14-12-10-8-6-4-2/h3-20H2,1-2H3. The SMILES string of the molecule is CCCCCCCCN(CCN(CCCCCCCC)C(=O)CCl)C(=O)CCl. The molecule has 0 aromatic heterocycles. The number of alkyl halides is 2. The van der Waals surface area contributed by atoms with Gasteiger partial charge in [-0.1, -0.05) is 78.1 Å². The zero-order chi connectivity index (χ0) is 21.0. The van der Waals surface area contributed by atoms with E-state index in [0.717, 1.165) is 38.8 Å². The van der Waals surface area contributed by atoms with E-state index in [1.54, 1.807) is 0 Å². The fourth-order valence-electron chi connectivity index (χ4n) is 3.30. The minimum atomic E-state index is -0.0481. The van der Waals surface area contributed by atoms with Crippen molar-refractivity contribution in [3.63, 3.8) is 0 Å². The van der Waals surface area contributed by atoms with Gasteiger partial charge < -0.3 is 9.80 Å². The molecule has 6 heteroatoms. The molecule has 0 aliphatic heterocycles. The summed E-state index contributed by atoms with van der Waals surface area (Å²) < 4.78 is 0. The summed E-state index contributed by atoms with van der Waals surface area (Å²) in [5, 5.41) is 0. The second kappa shape index (κ2) is 19.8. The molecule has 0 heterocycles.